The molecule has 0 aromatic heterocycles. The number of aliphatic hydroxyl groups is 1. The van der Waals surface area contributed by atoms with Crippen molar-refractivity contribution in [2.24, 2.45) is 0 Å². The first-order valence-corrected chi connectivity index (χ1v) is 5.58. The van der Waals surface area contributed by atoms with E-state index in [9.17, 15) is 14.7 Å². The number of aliphatic hydroxyl groups excluding tert-OH is 1. The number of aliphatic carboxylic acids is 1. The normalized spacial score (nSPS) is 14.9. The first-order valence-electron chi connectivity index (χ1n) is 5.58. The van der Waals surface area contributed by atoms with Gasteiger partial charge in [-0.3, -0.25) is 0 Å². The van der Waals surface area contributed by atoms with E-state index in [2.05, 4.69) is 5.32 Å². The summed E-state index contributed by atoms with van der Waals surface area (Å²) in [5.41, 5.74) is -0.369. The van der Waals surface area contributed by atoms with Crippen LogP contribution in [0.1, 0.15) is 34.1 Å². The number of nitrogens with zero attached hydrogens (tertiary/aromatic N) is 1. The van der Waals surface area contributed by atoms with Gasteiger partial charge in [-0.15, -0.1) is 0 Å². The molecule has 6 heteroatoms. The first-order chi connectivity index (χ1) is 7.63. The van der Waals surface area contributed by atoms with Crippen LogP contribution < -0.4 is 5.32 Å². The number of nitrogens with one attached hydrogen (secondary N) is 1. The van der Waals surface area contributed by atoms with E-state index >= 15 is 0 Å². The molecule has 0 spiro atoms. The summed E-state index contributed by atoms with van der Waals surface area (Å²) in [6.07, 6.45) is -0.404. The third kappa shape index (κ3) is 4.22. The summed E-state index contributed by atoms with van der Waals surface area (Å²) in [4.78, 5) is 24.1. The van der Waals surface area contributed by atoms with Crippen LogP contribution in [0.15, 0.2) is 0 Å². The van der Waals surface area contributed by atoms with Crippen molar-refractivity contribution in [3.8, 4) is 0 Å². The number of rotatable bonds is 5. The van der Waals surface area contributed by atoms with Crippen molar-refractivity contribution in [3.05, 3.63) is 0 Å². The fourth-order valence-electron chi connectivity index (χ4n) is 1.13. The van der Waals surface area contributed by atoms with Gasteiger partial charge in [0, 0.05) is 12.6 Å². The molecule has 17 heavy (non-hydrogen) atoms. The van der Waals surface area contributed by atoms with Gasteiger partial charge >= 0.3 is 12.0 Å². The molecule has 0 radical (unpaired) electrons. The number of hydrogen-bond acceptors (Lipinski definition) is 3. The van der Waals surface area contributed by atoms with Crippen molar-refractivity contribution in [2.75, 3.05) is 7.05 Å². The second-order valence-corrected chi connectivity index (χ2v) is 4.73. The van der Waals surface area contributed by atoms with Crippen LogP contribution in [0.3, 0.4) is 0 Å². The Balaban J connectivity index is 4.68. The Morgan fingerprint density at radius 3 is 2.18 bits per heavy atom. The molecule has 0 saturated carbocycles. The Labute approximate surface area is 102 Å². The van der Waals surface area contributed by atoms with E-state index in [0.29, 0.717) is 0 Å². The lowest BCUT2D eigenvalue weighted by molar-refractivity contribution is -0.141. The van der Waals surface area contributed by atoms with Crippen LogP contribution in [0, 0.1) is 0 Å². The zero-order chi connectivity index (χ0) is 13.8. The topological polar surface area (TPSA) is 89.9 Å². The predicted molar refractivity (Wildman–Crippen MR) is 63.8 cm³/mol. The summed E-state index contributed by atoms with van der Waals surface area (Å²) in [6.45, 7) is 7.02. The van der Waals surface area contributed by atoms with Crippen molar-refractivity contribution in [2.45, 2.75) is 51.8 Å². The molecule has 0 aliphatic heterocycles. The number of amides is 2. The molecule has 6 nitrogen and oxygen atoms in total. The molecule has 2 atom stereocenters. The number of carbonyl (C=O) groups excluding carboxylic acids is 1. The maximum absolute atomic E-state index is 11.8. The van der Waals surface area contributed by atoms with Crippen LogP contribution >= 0.6 is 0 Å². The second-order valence-electron chi connectivity index (χ2n) is 4.73. The lowest BCUT2D eigenvalue weighted by Crippen LogP contribution is -2.55. The highest BCUT2D eigenvalue weighted by Crippen LogP contribution is 2.16. The maximum Gasteiger partial charge on any atom is 0.328 e. The van der Waals surface area contributed by atoms with E-state index in [4.69, 9.17) is 5.11 Å². The van der Waals surface area contributed by atoms with E-state index in [-0.39, 0.29) is 5.54 Å². The van der Waals surface area contributed by atoms with Crippen LogP contribution in [0.5, 0.6) is 0 Å². The quantitative estimate of drug-likeness (QED) is 0.664. The molecule has 0 aliphatic rings. The molecule has 0 heterocycles. The molecule has 2 amide bonds. The molecular weight excluding hydrogens is 224 g/mol. The summed E-state index contributed by atoms with van der Waals surface area (Å²) in [7, 11) is 1.60. The largest absolute Gasteiger partial charge is 0.480 e. The van der Waals surface area contributed by atoms with Gasteiger partial charge in [-0.25, -0.2) is 9.59 Å². The third-order valence-electron chi connectivity index (χ3n) is 3.11. The average Bonchev–Trinajstić information content (AvgIpc) is 2.23. The smallest absolute Gasteiger partial charge is 0.328 e. The van der Waals surface area contributed by atoms with Gasteiger partial charge in [0.25, 0.3) is 0 Å². The number of carboxylic acids is 1. The van der Waals surface area contributed by atoms with E-state index < -0.39 is 24.1 Å². The maximum atomic E-state index is 11.8. The Morgan fingerprint density at radius 1 is 1.41 bits per heavy atom. The van der Waals surface area contributed by atoms with Gasteiger partial charge in [-0.2, -0.15) is 0 Å². The van der Waals surface area contributed by atoms with Gasteiger partial charge in [-0.1, -0.05) is 6.92 Å². The van der Waals surface area contributed by atoms with E-state index in [1.165, 1.54) is 11.8 Å². The Hall–Kier alpha value is -1.30. The molecule has 3 N–H and O–H groups in total. The van der Waals surface area contributed by atoms with Crippen LogP contribution in [-0.4, -0.2) is 51.8 Å². The number of urea groups is 1. The van der Waals surface area contributed by atoms with Crippen LogP contribution in [0.25, 0.3) is 0 Å². The fourth-order valence-corrected chi connectivity index (χ4v) is 1.13. The molecule has 0 fully saturated rings. The van der Waals surface area contributed by atoms with Gasteiger partial charge in [0.15, 0.2) is 6.04 Å². The Bertz CT molecular complexity index is 289. The molecule has 0 aromatic carbocycles. The van der Waals surface area contributed by atoms with Crippen molar-refractivity contribution in [1.29, 1.82) is 0 Å². The summed E-state index contributed by atoms with van der Waals surface area (Å²) in [5.74, 6) is -1.25. The minimum atomic E-state index is -1.29. The van der Waals surface area contributed by atoms with Crippen LogP contribution in [0.2, 0.25) is 0 Å². The van der Waals surface area contributed by atoms with Crippen molar-refractivity contribution >= 4 is 12.0 Å². The molecule has 0 bridgehead atoms. The third-order valence-corrected chi connectivity index (χ3v) is 3.11. The number of hydrogen-bond donors (Lipinski definition) is 3. The van der Waals surface area contributed by atoms with Crippen molar-refractivity contribution < 1.29 is 19.8 Å². The molecule has 0 aromatic rings. The van der Waals surface area contributed by atoms with Gasteiger partial charge in [0.1, 0.15) is 0 Å². The lowest BCUT2D eigenvalue weighted by atomic mass is 10.0. The van der Waals surface area contributed by atoms with E-state index in [1.807, 2.05) is 20.8 Å². The molecule has 100 valence electrons. The highest BCUT2D eigenvalue weighted by molar-refractivity contribution is 5.83. The summed E-state index contributed by atoms with van der Waals surface area (Å²) in [6, 6.07) is -1.80. The van der Waals surface area contributed by atoms with E-state index in [0.717, 1.165) is 6.42 Å². The minimum Gasteiger partial charge on any atom is -0.480 e. The van der Waals surface area contributed by atoms with Gasteiger partial charge in [0.05, 0.1) is 6.10 Å². The summed E-state index contributed by atoms with van der Waals surface area (Å²) < 4.78 is 0. The Kier molecular flexibility index (Phi) is 5.41. The molecule has 2 unspecified atom stereocenters. The molecule has 0 rings (SSSR count). The van der Waals surface area contributed by atoms with Crippen molar-refractivity contribution in [1.82, 2.24) is 10.2 Å². The fraction of sp³-hybridized carbons (Fsp3) is 0.818. The average molecular weight is 246 g/mol. The van der Waals surface area contributed by atoms with Crippen LogP contribution in [0.4, 0.5) is 4.79 Å². The zero-order valence-corrected chi connectivity index (χ0v) is 11.0. The number of carboxylic acid groups (broad SMARTS) is 1. The second kappa shape index (κ2) is 5.86. The molecule has 0 aliphatic carbocycles. The minimum absolute atomic E-state index is 0.369. The SMILES string of the molecule is CCC(C)(C)N(C)C(=O)NC(C(=O)O)C(C)O. The zero-order valence-electron chi connectivity index (χ0n) is 11.0. The van der Waals surface area contributed by atoms with Gasteiger partial charge in [0.2, 0.25) is 0 Å². The van der Waals surface area contributed by atoms with Gasteiger partial charge < -0.3 is 20.4 Å². The Morgan fingerprint density at radius 2 is 1.88 bits per heavy atom. The highest BCUT2D eigenvalue weighted by atomic mass is 16.4. The van der Waals surface area contributed by atoms with Crippen LogP contribution in [-0.2, 0) is 4.79 Å². The standard InChI is InChI=1S/C11H22N2O4/c1-6-11(3,4)13(5)10(17)12-8(7(2)14)9(15)16/h7-8,14H,6H2,1-5H3,(H,12,17)(H,15,16). The highest BCUT2D eigenvalue weighted by Gasteiger charge is 2.30. The first kappa shape index (κ1) is 15.7. The van der Waals surface area contributed by atoms with E-state index in [1.54, 1.807) is 7.05 Å². The summed E-state index contributed by atoms with van der Waals surface area (Å²) >= 11 is 0. The molecule has 0 saturated heterocycles. The monoisotopic (exact) mass is 246 g/mol. The van der Waals surface area contributed by atoms with Gasteiger partial charge in [-0.05, 0) is 27.2 Å². The summed E-state index contributed by atoms with van der Waals surface area (Å²) in [5, 5.41) is 20.4. The number of carbonyl (C=O) groups is 2. The lowest BCUT2D eigenvalue weighted by Gasteiger charge is -2.35. The predicted octanol–water partition coefficient (Wildman–Crippen LogP) is 0.650. The van der Waals surface area contributed by atoms with Crippen molar-refractivity contribution in [3.63, 3.8) is 0 Å². The molecular formula is C11H22N2O4.